The number of benzene rings is 2. The Morgan fingerprint density at radius 1 is 1.11 bits per heavy atom. The zero-order valence-corrected chi connectivity index (χ0v) is 27.1. The molecule has 2 amide bonds. The summed E-state index contributed by atoms with van der Waals surface area (Å²) in [6.45, 7) is 5.55. The summed E-state index contributed by atoms with van der Waals surface area (Å²) < 4.78 is 5.79. The highest BCUT2D eigenvalue weighted by Gasteiger charge is 2.41. The number of nitrogens with one attached hydrogen (secondary N) is 2. The Bertz CT molecular complexity index is 1770. The predicted octanol–water partition coefficient (Wildman–Crippen LogP) is 3.87. The Morgan fingerprint density at radius 2 is 1.85 bits per heavy atom. The van der Waals surface area contributed by atoms with E-state index in [1.807, 2.05) is 6.92 Å². The van der Waals surface area contributed by atoms with Gasteiger partial charge in [-0.25, -0.2) is 4.98 Å². The minimum Gasteiger partial charge on any atom is -0.491 e. The molecule has 1 saturated heterocycles. The van der Waals surface area contributed by atoms with Crippen LogP contribution >= 0.6 is 11.6 Å². The van der Waals surface area contributed by atoms with Crippen molar-refractivity contribution in [3.05, 3.63) is 80.2 Å². The lowest BCUT2D eigenvalue weighted by Crippen LogP contribution is -2.48. The van der Waals surface area contributed by atoms with Crippen LogP contribution in [0.4, 0.5) is 0 Å². The number of H-pyrrole nitrogens is 2. The monoisotopic (exact) mass is 646 g/mol. The Morgan fingerprint density at radius 3 is 2.59 bits per heavy atom. The van der Waals surface area contributed by atoms with E-state index < -0.39 is 6.10 Å². The molecular weight excluding hydrogens is 608 g/mol. The molecule has 12 heteroatoms. The first kappa shape index (κ1) is 31.9. The summed E-state index contributed by atoms with van der Waals surface area (Å²) in [6, 6.07) is 10.3. The second-order valence-corrected chi connectivity index (χ2v) is 12.8. The van der Waals surface area contributed by atoms with Crippen LogP contribution in [0.5, 0.6) is 5.75 Å². The Hall–Kier alpha value is -4.03. The van der Waals surface area contributed by atoms with Gasteiger partial charge in [-0.1, -0.05) is 17.7 Å². The second-order valence-electron chi connectivity index (χ2n) is 12.4. The van der Waals surface area contributed by atoms with Crippen molar-refractivity contribution in [1.29, 1.82) is 0 Å². The normalized spacial score (nSPS) is 16.5. The molecule has 0 unspecified atom stereocenters. The SMILES string of the molecule is Cc1c(Cl)cccc1OC[C@H](O)CCc1cc[nH]c(=O)c1-c1nc2cc3c(cc2[nH]1)C(=O)N(C1CCN(CCN(C)C)CC1)C3=O. The van der Waals surface area contributed by atoms with Crippen LogP contribution in [0.3, 0.4) is 0 Å². The van der Waals surface area contributed by atoms with Crippen LogP contribution < -0.4 is 10.3 Å². The minimum atomic E-state index is -0.783. The number of rotatable bonds is 11. The molecule has 2 aliphatic heterocycles. The van der Waals surface area contributed by atoms with Gasteiger partial charge in [-0.15, -0.1) is 0 Å². The molecule has 0 aliphatic carbocycles. The van der Waals surface area contributed by atoms with Crippen LogP contribution in [0.25, 0.3) is 22.4 Å². The topological polar surface area (TPSA) is 135 Å². The highest BCUT2D eigenvalue weighted by molar-refractivity contribution is 6.31. The van der Waals surface area contributed by atoms with Crippen LogP contribution in [0.1, 0.15) is 51.1 Å². The number of halogens is 1. The molecule has 4 heterocycles. The van der Waals surface area contributed by atoms with Gasteiger partial charge in [0.1, 0.15) is 18.2 Å². The fraction of sp³-hybridized carbons (Fsp3) is 0.412. The van der Waals surface area contributed by atoms with Crippen LogP contribution in [-0.2, 0) is 6.42 Å². The van der Waals surface area contributed by atoms with Crippen LogP contribution in [0, 0.1) is 6.92 Å². The molecule has 46 heavy (non-hydrogen) atoms. The number of amides is 2. The van der Waals surface area contributed by atoms with Gasteiger partial charge in [-0.05, 0) is 82.6 Å². The smallest absolute Gasteiger partial charge is 0.261 e. The van der Waals surface area contributed by atoms with Gasteiger partial charge in [-0.2, -0.15) is 0 Å². The number of imide groups is 1. The molecule has 0 saturated carbocycles. The van der Waals surface area contributed by atoms with E-state index >= 15 is 0 Å². The Kier molecular flexibility index (Phi) is 9.28. The van der Waals surface area contributed by atoms with Gasteiger partial charge in [0, 0.05) is 49.0 Å². The fourth-order valence-corrected chi connectivity index (χ4v) is 6.44. The quantitative estimate of drug-likeness (QED) is 0.209. The largest absolute Gasteiger partial charge is 0.491 e. The number of ether oxygens (including phenoxy) is 1. The average molecular weight is 647 g/mol. The van der Waals surface area contributed by atoms with Gasteiger partial charge in [0.2, 0.25) is 0 Å². The van der Waals surface area contributed by atoms with E-state index in [4.69, 9.17) is 16.3 Å². The molecule has 2 aromatic heterocycles. The molecule has 4 aromatic rings. The number of carbonyl (C=O) groups is 2. The summed E-state index contributed by atoms with van der Waals surface area (Å²) in [5.74, 6) is 0.365. The zero-order chi connectivity index (χ0) is 32.5. The van der Waals surface area contributed by atoms with E-state index in [-0.39, 0.29) is 30.0 Å². The molecule has 11 nitrogen and oxygen atoms in total. The summed E-state index contributed by atoms with van der Waals surface area (Å²) in [7, 11) is 4.10. The van der Waals surface area contributed by atoms with Crippen LogP contribution in [-0.4, -0.2) is 106 Å². The number of aliphatic hydroxyl groups excluding tert-OH is 1. The first-order valence-electron chi connectivity index (χ1n) is 15.7. The van der Waals surface area contributed by atoms with Crippen LogP contribution in [0.2, 0.25) is 5.02 Å². The molecular formula is C34H39ClN6O5. The molecule has 0 spiro atoms. The fourth-order valence-electron chi connectivity index (χ4n) is 6.28. The maximum absolute atomic E-state index is 13.5. The van der Waals surface area contributed by atoms with Crippen molar-refractivity contribution in [2.24, 2.45) is 0 Å². The lowest BCUT2D eigenvalue weighted by Gasteiger charge is -2.36. The highest BCUT2D eigenvalue weighted by Crippen LogP contribution is 2.32. The number of aromatic amines is 2. The van der Waals surface area contributed by atoms with E-state index in [9.17, 15) is 19.5 Å². The highest BCUT2D eigenvalue weighted by atomic mass is 35.5. The van der Waals surface area contributed by atoms with Crippen molar-refractivity contribution in [3.8, 4) is 17.1 Å². The number of aryl methyl sites for hydroxylation is 1. The number of carbonyl (C=O) groups excluding carboxylic acids is 2. The summed E-state index contributed by atoms with van der Waals surface area (Å²) in [4.78, 5) is 56.6. The molecule has 0 radical (unpaired) electrons. The molecule has 2 aromatic carbocycles. The van der Waals surface area contributed by atoms with Gasteiger partial charge >= 0.3 is 0 Å². The number of aliphatic hydroxyl groups is 1. The van der Waals surface area contributed by atoms with Crippen molar-refractivity contribution in [1.82, 2.24) is 29.7 Å². The van der Waals surface area contributed by atoms with Gasteiger partial charge in [-0.3, -0.25) is 19.3 Å². The predicted molar refractivity (Wildman–Crippen MR) is 177 cm³/mol. The molecule has 3 N–H and O–H groups in total. The summed E-state index contributed by atoms with van der Waals surface area (Å²) in [6.07, 6.45) is 3.02. The number of likely N-dealkylation sites (N-methyl/N-ethyl adjacent to an activating group) is 1. The summed E-state index contributed by atoms with van der Waals surface area (Å²) in [5, 5.41) is 11.2. The van der Waals surface area contributed by atoms with Crippen LogP contribution in [0.15, 0.2) is 47.4 Å². The van der Waals surface area contributed by atoms with Crippen molar-refractivity contribution >= 4 is 34.4 Å². The van der Waals surface area contributed by atoms with Crippen molar-refractivity contribution in [2.75, 3.05) is 46.9 Å². The first-order chi connectivity index (χ1) is 22.1. The third kappa shape index (κ3) is 6.46. The Balaban J connectivity index is 1.16. The number of piperidine rings is 1. The number of fused-ring (bicyclic) bond motifs is 2. The maximum atomic E-state index is 13.5. The Labute approximate surface area is 272 Å². The van der Waals surface area contributed by atoms with Gasteiger partial charge in [0.05, 0.1) is 33.8 Å². The maximum Gasteiger partial charge on any atom is 0.261 e. The molecule has 6 rings (SSSR count). The van der Waals surface area contributed by atoms with Gasteiger partial charge in [0.15, 0.2) is 0 Å². The van der Waals surface area contributed by atoms with Crippen molar-refractivity contribution in [3.63, 3.8) is 0 Å². The van der Waals surface area contributed by atoms with Crippen molar-refractivity contribution < 1.29 is 19.4 Å². The number of hydrogen-bond donors (Lipinski definition) is 3. The average Bonchev–Trinajstić information content (AvgIpc) is 3.55. The number of hydrogen-bond acceptors (Lipinski definition) is 8. The number of imidazole rings is 1. The zero-order valence-electron chi connectivity index (χ0n) is 26.3. The molecule has 242 valence electrons. The first-order valence-corrected chi connectivity index (χ1v) is 16.0. The van der Waals surface area contributed by atoms with Crippen molar-refractivity contribution in [2.45, 2.75) is 44.8 Å². The van der Waals surface area contributed by atoms with E-state index in [2.05, 4.69) is 38.8 Å². The molecule has 1 fully saturated rings. The molecule has 0 bridgehead atoms. The number of pyridine rings is 1. The van der Waals surface area contributed by atoms with E-state index in [0.717, 1.165) is 44.6 Å². The molecule has 2 aliphatic rings. The van der Waals surface area contributed by atoms with Gasteiger partial charge in [0.25, 0.3) is 17.4 Å². The van der Waals surface area contributed by atoms with E-state index in [0.29, 0.717) is 62.7 Å². The standard InChI is InChI=1S/C34H39ClN6O5/c1-20-26(35)5-4-6-29(20)46-19-23(42)8-7-21-9-12-36-32(43)30(21)31-37-27-17-24-25(18-28(27)38-31)34(45)41(33(24)44)22-10-13-40(14-11-22)16-15-39(2)3/h4-6,9,12,17-18,22-23,42H,7-8,10-11,13-16,19H2,1-3H3,(H,36,43)(H,37,38)/t23-/m1/s1. The third-order valence-electron chi connectivity index (χ3n) is 8.99. The number of aromatic nitrogens is 3. The summed E-state index contributed by atoms with van der Waals surface area (Å²) in [5.41, 5.74) is 3.26. The van der Waals surface area contributed by atoms with Gasteiger partial charge < -0.3 is 29.6 Å². The van der Waals surface area contributed by atoms with E-state index in [1.54, 1.807) is 42.6 Å². The summed E-state index contributed by atoms with van der Waals surface area (Å²) >= 11 is 6.17. The lowest BCUT2D eigenvalue weighted by atomic mass is 10.0. The number of likely N-dealkylation sites (tertiary alicyclic amines) is 1. The van der Waals surface area contributed by atoms with E-state index in [1.165, 1.54) is 4.90 Å². The minimum absolute atomic E-state index is 0.0739. The second kappa shape index (κ2) is 13.4. The molecule has 1 atom stereocenters. The third-order valence-corrected chi connectivity index (χ3v) is 9.39. The number of nitrogens with zero attached hydrogens (tertiary/aromatic N) is 4. The lowest BCUT2D eigenvalue weighted by molar-refractivity contribution is 0.0499.